The van der Waals surface area contributed by atoms with Crippen LogP contribution >= 0.6 is 0 Å². The highest BCUT2D eigenvalue weighted by Crippen LogP contribution is 2.25. The van der Waals surface area contributed by atoms with E-state index in [0.717, 1.165) is 6.07 Å². The summed E-state index contributed by atoms with van der Waals surface area (Å²) in [4.78, 5) is 24.6. The minimum Gasteiger partial charge on any atom is -0.361 e. The van der Waals surface area contributed by atoms with Gasteiger partial charge in [0.05, 0.1) is 5.69 Å². The molecule has 2 aromatic rings. The lowest BCUT2D eigenvalue weighted by Crippen LogP contribution is -2.52. The number of Topliss-reactive ketones (excluding diaryl/α,β-unsaturated/α-hetero) is 1. The van der Waals surface area contributed by atoms with Crippen LogP contribution in [0.4, 0.5) is 5.69 Å². The second kappa shape index (κ2) is 7.77. The predicted octanol–water partition coefficient (Wildman–Crippen LogP) is 2.09. The first-order valence-electron chi connectivity index (χ1n) is 7.69. The maximum absolute atomic E-state index is 12.9. The molecule has 0 radical (unpaired) electrons. The Morgan fingerprint density at radius 2 is 1.65 bits per heavy atom. The Morgan fingerprint density at radius 3 is 2.19 bits per heavy atom. The normalized spacial score (nSPS) is 13.7. The van der Waals surface area contributed by atoms with E-state index in [-0.39, 0.29) is 12.1 Å². The molecule has 2 aromatic carbocycles. The van der Waals surface area contributed by atoms with Crippen molar-refractivity contribution in [2.45, 2.75) is 23.8 Å². The van der Waals surface area contributed by atoms with E-state index in [1.807, 2.05) is 0 Å². The summed E-state index contributed by atoms with van der Waals surface area (Å²) in [6.45, 7) is 1.22. The zero-order chi connectivity index (χ0) is 19.4. The van der Waals surface area contributed by atoms with Gasteiger partial charge < -0.3 is 10.1 Å². The van der Waals surface area contributed by atoms with Crippen molar-refractivity contribution in [3.8, 4) is 0 Å². The van der Waals surface area contributed by atoms with Gasteiger partial charge in [-0.15, -0.1) is 0 Å². The molecule has 0 saturated carbocycles. The van der Waals surface area contributed by atoms with E-state index < -0.39 is 32.3 Å². The van der Waals surface area contributed by atoms with E-state index in [1.54, 1.807) is 30.3 Å². The number of nitrogens with one attached hydrogen (secondary N) is 1. The average Bonchev–Trinajstić information content (AvgIpc) is 2.59. The van der Waals surface area contributed by atoms with Crippen LogP contribution in [0.1, 0.15) is 12.5 Å². The van der Waals surface area contributed by atoms with Gasteiger partial charge in [0.1, 0.15) is 4.90 Å². The first-order chi connectivity index (χ1) is 12.2. The van der Waals surface area contributed by atoms with Gasteiger partial charge in [-0.3, -0.25) is 14.1 Å². The summed E-state index contributed by atoms with van der Waals surface area (Å²) >= 11 is 0. The molecule has 1 unspecified atom stereocenters. The van der Waals surface area contributed by atoms with Gasteiger partial charge >= 0.3 is 0 Å². The van der Waals surface area contributed by atoms with Crippen LogP contribution in [-0.2, 0) is 30.9 Å². The molecule has 1 atom stereocenters. The summed E-state index contributed by atoms with van der Waals surface area (Å²) in [7, 11) is -3.32. The molecule has 2 rings (SSSR count). The van der Waals surface area contributed by atoms with Crippen LogP contribution in [0.3, 0.4) is 0 Å². The van der Waals surface area contributed by atoms with Gasteiger partial charge in [0.25, 0.3) is 16.0 Å². The summed E-state index contributed by atoms with van der Waals surface area (Å²) in [6.07, 6.45) is -0.0282. The van der Waals surface area contributed by atoms with Crippen LogP contribution in [0, 0.1) is 0 Å². The van der Waals surface area contributed by atoms with Crippen LogP contribution in [0.25, 0.3) is 0 Å². The Bertz CT molecular complexity index is 910. The van der Waals surface area contributed by atoms with Crippen LogP contribution in [0.5, 0.6) is 0 Å². The maximum Gasteiger partial charge on any atom is 0.296 e. The zero-order valence-corrected chi connectivity index (χ0v) is 15.1. The van der Waals surface area contributed by atoms with Crippen molar-refractivity contribution in [3.63, 3.8) is 0 Å². The van der Waals surface area contributed by atoms with Gasteiger partial charge in [0, 0.05) is 13.5 Å². The number of rotatable bonds is 7. The van der Waals surface area contributed by atoms with Crippen LogP contribution in [-0.4, -0.2) is 37.4 Å². The lowest BCUT2D eigenvalue weighted by atomic mass is 9.89. The van der Waals surface area contributed by atoms with E-state index in [9.17, 15) is 22.6 Å². The number of para-hydroxylation sites is 1. The number of ketones is 1. The quantitative estimate of drug-likeness (QED) is 0.565. The summed E-state index contributed by atoms with van der Waals surface area (Å²) in [5.74, 6) is -1.36. The SMILES string of the molecule is COC(Cc1ccccc1)(C(C)=O)C(=O)Nc1ccccc1S(=O)(=O)O. The van der Waals surface area contributed by atoms with Gasteiger partial charge in [-0.05, 0) is 24.6 Å². The standard InChI is InChI=1S/C18H19NO6S/c1-13(20)18(25-2,12-14-8-4-3-5-9-14)17(21)19-15-10-6-7-11-16(15)26(22,23)24/h3-11H,12H2,1-2H3,(H,19,21)(H,22,23,24). The van der Waals surface area contributed by atoms with Gasteiger partial charge in [-0.2, -0.15) is 8.42 Å². The van der Waals surface area contributed by atoms with E-state index in [1.165, 1.54) is 32.2 Å². The summed E-state index contributed by atoms with van der Waals surface area (Å²) in [5.41, 5.74) is -1.29. The minimum absolute atomic E-state index is 0.0282. The first kappa shape index (κ1) is 19.8. The van der Waals surface area contributed by atoms with Crippen molar-refractivity contribution in [2.75, 3.05) is 12.4 Å². The van der Waals surface area contributed by atoms with Gasteiger partial charge in [0.15, 0.2) is 5.78 Å². The molecule has 0 fully saturated rings. The maximum atomic E-state index is 12.9. The van der Waals surface area contributed by atoms with Crippen molar-refractivity contribution in [1.82, 2.24) is 0 Å². The third-order valence-corrected chi connectivity index (χ3v) is 4.90. The number of carbonyl (C=O) groups excluding carboxylic acids is 2. The molecule has 8 heteroatoms. The molecule has 0 bridgehead atoms. The highest BCUT2D eigenvalue weighted by atomic mass is 32.2. The second-order valence-corrected chi connectivity index (χ2v) is 7.07. The van der Waals surface area contributed by atoms with Crippen molar-refractivity contribution in [2.24, 2.45) is 0 Å². The highest BCUT2D eigenvalue weighted by molar-refractivity contribution is 7.86. The molecule has 1 amide bonds. The molecule has 0 spiro atoms. The predicted molar refractivity (Wildman–Crippen MR) is 95.5 cm³/mol. The van der Waals surface area contributed by atoms with Crippen molar-refractivity contribution in [1.29, 1.82) is 0 Å². The topological polar surface area (TPSA) is 110 Å². The molecule has 138 valence electrons. The van der Waals surface area contributed by atoms with Crippen molar-refractivity contribution in [3.05, 3.63) is 60.2 Å². The molecule has 2 N–H and O–H groups in total. The van der Waals surface area contributed by atoms with Crippen molar-refractivity contribution < 1.29 is 27.3 Å². The Kier molecular flexibility index (Phi) is 5.91. The van der Waals surface area contributed by atoms with Crippen molar-refractivity contribution >= 4 is 27.5 Å². The molecular formula is C18H19NO6S. The third kappa shape index (κ3) is 4.16. The second-order valence-electron chi connectivity index (χ2n) is 5.68. The average molecular weight is 377 g/mol. The molecular weight excluding hydrogens is 358 g/mol. The van der Waals surface area contributed by atoms with Crippen LogP contribution in [0.2, 0.25) is 0 Å². The first-order valence-corrected chi connectivity index (χ1v) is 9.13. The molecule has 0 aliphatic rings. The van der Waals surface area contributed by atoms with E-state index >= 15 is 0 Å². The van der Waals surface area contributed by atoms with Gasteiger partial charge in [-0.25, -0.2) is 0 Å². The Morgan fingerprint density at radius 1 is 1.08 bits per heavy atom. The number of hydrogen-bond acceptors (Lipinski definition) is 5. The smallest absolute Gasteiger partial charge is 0.296 e. The molecule has 0 heterocycles. The molecule has 0 aliphatic carbocycles. The molecule has 0 saturated heterocycles. The van der Waals surface area contributed by atoms with Gasteiger partial charge in [0.2, 0.25) is 5.60 Å². The van der Waals surface area contributed by atoms with Crippen LogP contribution < -0.4 is 5.32 Å². The molecule has 0 aromatic heterocycles. The lowest BCUT2D eigenvalue weighted by molar-refractivity contribution is -0.151. The van der Waals surface area contributed by atoms with Gasteiger partial charge in [-0.1, -0.05) is 42.5 Å². The lowest BCUT2D eigenvalue weighted by Gasteiger charge is -2.29. The molecule has 7 nitrogen and oxygen atoms in total. The zero-order valence-electron chi connectivity index (χ0n) is 14.3. The Labute approximate surface area is 151 Å². The fourth-order valence-corrected chi connectivity index (χ4v) is 3.22. The van der Waals surface area contributed by atoms with E-state index in [0.29, 0.717) is 5.56 Å². The van der Waals surface area contributed by atoms with Crippen LogP contribution in [0.15, 0.2) is 59.5 Å². The van der Waals surface area contributed by atoms with E-state index in [4.69, 9.17) is 4.74 Å². The highest BCUT2D eigenvalue weighted by Gasteiger charge is 2.44. The fraction of sp³-hybridized carbons (Fsp3) is 0.222. The number of methoxy groups -OCH3 is 1. The largest absolute Gasteiger partial charge is 0.361 e. The summed E-state index contributed by atoms with van der Waals surface area (Å²) in [6, 6.07) is 14.2. The molecule has 0 aliphatic heterocycles. The number of ether oxygens (including phenoxy) is 1. The minimum atomic E-state index is -4.55. The Balaban J connectivity index is 2.42. The van der Waals surface area contributed by atoms with E-state index in [2.05, 4.69) is 5.32 Å². The number of hydrogen-bond donors (Lipinski definition) is 2. The summed E-state index contributed by atoms with van der Waals surface area (Å²) in [5, 5.41) is 2.39. The molecule has 26 heavy (non-hydrogen) atoms. The number of benzene rings is 2. The third-order valence-electron chi connectivity index (χ3n) is 3.99. The fourth-order valence-electron chi connectivity index (χ4n) is 2.57. The number of amides is 1. The number of anilines is 1. The monoisotopic (exact) mass is 377 g/mol. The summed E-state index contributed by atoms with van der Waals surface area (Å²) < 4.78 is 37.6. The Hall–Kier alpha value is -2.55. The number of carbonyl (C=O) groups is 2.